The van der Waals surface area contributed by atoms with Crippen molar-refractivity contribution < 1.29 is 14.9 Å². The van der Waals surface area contributed by atoms with Crippen LogP contribution in [0, 0.1) is 0 Å². The highest BCUT2D eigenvalue weighted by molar-refractivity contribution is 5.35. The summed E-state index contributed by atoms with van der Waals surface area (Å²) in [6, 6.07) is 0. The van der Waals surface area contributed by atoms with Crippen LogP contribution in [0.5, 0.6) is 0 Å². The van der Waals surface area contributed by atoms with Crippen LogP contribution >= 0.6 is 0 Å². The molecule has 1 saturated carbocycles. The summed E-state index contributed by atoms with van der Waals surface area (Å²) >= 11 is 0. The van der Waals surface area contributed by atoms with E-state index in [1.165, 1.54) is 38.5 Å². The van der Waals surface area contributed by atoms with Crippen LogP contribution in [0.2, 0.25) is 0 Å². The lowest BCUT2D eigenvalue weighted by Crippen LogP contribution is -1.85. The van der Waals surface area contributed by atoms with Crippen LogP contribution in [-0.2, 0) is 9.68 Å². The number of carbonyl (C=O) groups is 1. The summed E-state index contributed by atoms with van der Waals surface area (Å²) in [4.78, 5) is 11.6. The first kappa shape index (κ1) is 9.43. The van der Waals surface area contributed by atoms with Gasteiger partial charge < -0.3 is 4.89 Å². The van der Waals surface area contributed by atoms with Crippen molar-refractivity contribution >= 4 is 6.47 Å². The molecule has 60 valence electrons. The second-order valence-corrected chi connectivity index (χ2v) is 2.32. The second-order valence-electron chi connectivity index (χ2n) is 2.32. The van der Waals surface area contributed by atoms with Gasteiger partial charge in [-0.25, -0.2) is 5.26 Å². The molecular weight excluding hydrogens is 132 g/mol. The van der Waals surface area contributed by atoms with Crippen LogP contribution in [0.4, 0.5) is 0 Å². The van der Waals surface area contributed by atoms with Crippen molar-refractivity contribution in [2.24, 2.45) is 0 Å². The zero-order valence-corrected chi connectivity index (χ0v) is 6.08. The van der Waals surface area contributed by atoms with Gasteiger partial charge in [0.05, 0.1) is 0 Å². The van der Waals surface area contributed by atoms with E-state index in [9.17, 15) is 0 Å². The smallest absolute Gasteiger partial charge is 0.304 e. The van der Waals surface area contributed by atoms with Gasteiger partial charge in [-0.1, -0.05) is 38.5 Å². The van der Waals surface area contributed by atoms with Crippen LogP contribution < -0.4 is 0 Å². The Morgan fingerprint density at radius 2 is 1.20 bits per heavy atom. The molecule has 0 heterocycles. The lowest BCUT2D eigenvalue weighted by atomic mass is 10.0. The summed E-state index contributed by atoms with van der Waals surface area (Å²) in [7, 11) is 0. The molecule has 0 aliphatic heterocycles. The molecule has 0 atom stereocenters. The highest BCUT2D eigenvalue weighted by Crippen LogP contribution is 2.15. The molecule has 1 aliphatic rings. The Morgan fingerprint density at radius 1 is 1.00 bits per heavy atom. The summed E-state index contributed by atoms with van der Waals surface area (Å²) in [5.41, 5.74) is 0. The minimum absolute atomic E-state index is 0.0694. The highest BCUT2D eigenvalue weighted by Gasteiger charge is 1.95. The molecule has 0 spiro atoms. The van der Waals surface area contributed by atoms with Crippen molar-refractivity contribution in [3.63, 3.8) is 0 Å². The predicted molar refractivity (Wildman–Crippen MR) is 37.5 cm³/mol. The van der Waals surface area contributed by atoms with Gasteiger partial charge in [0.2, 0.25) is 0 Å². The molecule has 0 aromatic rings. The Hall–Kier alpha value is -0.570. The molecule has 3 heteroatoms. The largest absolute Gasteiger partial charge is 0.330 e. The first-order valence-electron chi connectivity index (χ1n) is 3.65. The Balaban J connectivity index is 0.000000180. The van der Waals surface area contributed by atoms with Gasteiger partial charge >= 0.3 is 6.47 Å². The molecule has 0 aromatic carbocycles. The first-order valence-corrected chi connectivity index (χ1v) is 3.65. The van der Waals surface area contributed by atoms with E-state index in [2.05, 4.69) is 4.89 Å². The van der Waals surface area contributed by atoms with E-state index in [1.54, 1.807) is 0 Å². The molecular formula is C7H14O3. The SMILES string of the molecule is C1CCCCC1.O=COO. The molecule has 1 rings (SSSR count). The minimum atomic E-state index is -0.0694. The molecule has 0 radical (unpaired) electrons. The average molecular weight is 146 g/mol. The van der Waals surface area contributed by atoms with Gasteiger partial charge in [-0.15, -0.1) is 0 Å². The molecule has 0 bridgehead atoms. The summed E-state index contributed by atoms with van der Waals surface area (Å²) < 4.78 is 0. The molecule has 1 aliphatic carbocycles. The van der Waals surface area contributed by atoms with E-state index >= 15 is 0 Å². The third kappa shape index (κ3) is 7.43. The van der Waals surface area contributed by atoms with Gasteiger partial charge in [-0.3, -0.25) is 4.79 Å². The van der Waals surface area contributed by atoms with Gasteiger partial charge in [0.1, 0.15) is 0 Å². The maximum Gasteiger partial charge on any atom is 0.330 e. The predicted octanol–water partition coefficient (Wildman–Crippen LogP) is 1.97. The Morgan fingerprint density at radius 3 is 1.30 bits per heavy atom. The molecule has 0 aromatic heterocycles. The van der Waals surface area contributed by atoms with E-state index in [-0.39, 0.29) is 6.47 Å². The number of rotatable bonds is 1. The fourth-order valence-electron chi connectivity index (χ4n) is 1.06. The summed E-state index contributed by atoms with van der Waals surface area (Å²) in [5.74, 6) is 0. The van der Waals surface area contributed by atoms with Crippen molar-refractivity contribution in [1.82, 2.24) is 0 Å². The summed E-state index contributed by atoms with van der Waals surface area (Å²) in [6.07, 6.45) is 9.00. The van der Waals surface area contributed by atoms with Gasteiger partial charge in [0.15, 0.2) is 0 Å². The minimum Gasteiger partial charge on any atom is -0.304 e. The fourth-order valence-corrected chi connectivity index (χ4v) is 1.06. The lowest BCUT2D eigenvalue weighted by Gasteiger charge is -2.05. The van der Waals surface area contributed by atoms with Crippen molar-refractivity contribution in [3.8, 4) is 0 Å². The lowest BCUT2D eigenvalue weighted by molar-refractivity contribution is -0.217. The Bertz CT molecular complexity index is 57.7. The number of hydrogen-bond acceptors (Lipinski definition) is 3. The topological polar surface area (TPSA) is 46.5 Å². The van der Waals surface area contributed by atoms with Gasteiger partial charge in [-0.05, 0) is 0 Å². The Kier molecular flexibility index (Phi) is 7.95. The van der Waals surface area contributed by atoms with Gasteiger partial charge in [-0.2, -0.15) is 0 Å². The molecule has 1 fully saturated rings. The summed E-state index contributed by atoms with van der Waals surface area (Å²) in [6.45, 7) is -0.0694. The third-order valence-corrected chi connectivity index (χ3v) is 1.54. The van der Waals surface area contributed by atoms with E-state index < -0.39 is 0 Å². The Labute approximate surface area is 60.9 Å². The van der Waals surface area contributed by atoms with E-state index in [4.69, 9.17) is 10.1 Å². The molecule has 10 heavy (non-hydrogen) atoms. The van der Waals surface area contributed by atoms with Crippen LogP contribution in [0.25, 0.3) is 0 Å². The maximum atomic E-state index is 8.70. The van der Waals surface area contributed by atoms with E-state index in [0.29, 0.717) is 0 Å². The van der Waals surface area contributed by atoms with Crippen molar-refractivity contribution in [2.45, 2.75) is 38.5 Å². The van der Waals surface area contributed by atoms with E-state index in [0.717, 1.165) is 0 Å². The van der Waals surface area contributed by atoms with Crippen molar-refractivity contribution in [1.29, 1.82) is 0 Å². The normalized spacial score (nSPS) is 16.5. The number of carbonyl (C=O) groups excluding carboxylic acids is 1. The first-order chi connectivity index (χ1) is 4.91. The molecule has 1 N–H and O–H groups in total. The van der Waals surface area contributed by atoms with Crippen LogP contribution in [0.15, 0.2) is 0 Å². The second kappa shape index (κ2) is 8.43. The average Bonchev–Trinajstić information content (AvgIpc) is 2.08. The van der Waals surface area contributed by atoms with Crippen LogP contribution in [0.1, 0.15) is 38.5 Å². The maximum absolute atomic E-state index is 8.70. The molecule has 0 amide bonds. The standard InChI is InChI=1S/C6H12.CH2O3/c1-2-4-6-5-3-1;2-1-4-3/h1-6H2;1,3H. The van der Waals surface area contributed by atoms with Gasteiger partial charge in [0.25, 0.3) is 0 Å². The zero-order valence-electron chi connectivity index (χ0n) is 6.08. The summed E-state index contributed by atoms with van der Waals surface area (Å²) in [5, 5.41) is 7.01. The van der Waals surface area contributed by atoms with Crippen molar-refractivity contribution in [3.05, 3.63) is 0 Å². The molecule has 3 nitrogen and oxygen atoms in total. The molecule has 0 saturated heterocycles. The van der Waals surface area contributed by atoms with Crippen molar-refractivity contribution in [2.75, 3.05) is 0 Å². The highest BCUT2D eigenvalue weighted by atomic mass is 17.1. The van der Waals surface area contributed by atoms with Crippen LogP contribution in [-0.4, -0.2) is 11.7 Å². The number of hydrogen-bond donors (Lipinski definition) is 1. The fraction of sp³-hybridized carbons (Fsp3) is 0.857. The monoisotopic (exact) mass is 146 g/mol. The van der Waals surface area contributed by atoms with E-state index in [1.807, 2.05) is 0 Å². The van der Waals surface area contributed by atoms with Gasteiger partial charge in [0, 0.05) is 0 Å². The third-order valence-electron chi connectivity index (χ3n) is 1.54. The quantitative estimate of drug-likeness (QED) is 0.349. The zero-order chi connectivity index (χ0) is 7.66. The van der Waals surface area contributed by atoms with Crippen LogP contribution in [0.3, 0.4) is 0 Å². The molecule has 0 unspecified atom stereocenters.